The number of hydrogen-bond acceptors (Lipinski definition) is 7. The number of nitrogens with two attached hydrogens (primary N) is 1. The van der Waals surface area contributed by atoms with Gasteiger partial charge in [0.2, 0.25) is 21.9 Å². The van der Waals surface area contributed by atoms with E-state index in [1.54, 1.807) is 19.1 Å². The minimum Gasteiger partial charge on any atom is -0.473 e. The first-order valence-electron chi connectivity index (χ1n) is 11.0. The van der Waals surface area contributed by atoms with Crippen LogP contribution in [0.3, 0.4) is 0 Å². The van der Waals surface area contributed by atoms with Crippen LogP contribution >= 0.6 is 0 Å². The number of pyridine rings is 1. The van der Waals surface area contributed by atoms with Gasteiger partial charge in [-0.25, -0.2) is 23.5 Å². The van der Waals surface area contributed by atoms with Gasteiger partial charge in [0.15, 0.2) is 5.52 Å². The van der Waals surface area contributed by atoms with Crippen molar-refractivity contribution in [3.8, 4) is 17.7 Å². The molecule has 0 unspecified atom stereocenters. The highest BCUT2D eigenvalue weighted by molar-refractivity contribution is 7.89. The lowest BCUT2D eigenvalue weighted by molar-refractivity contribution is 0.189. The van der Waals surface area contributed by atoms with Crippen molar-refractivity contribution < 1.29 is 13.2 Å². The van der Waals surface area contributed by atoms with Crippen LogP contribution in [0, 0.1) is 23.7 Å². The van der Waals surface area contributed by atoms with Gasteiger partial charge >= 0.3 is 0 Å². The summed E-state index contributed by atoms with van der Waals surface area (Å²) in [6.07, 6.45) is 3.57. The SMILES string of the molecule is CC#Cc1ccc2nc(N[C@H](C)c3ccc(S(N)(=O)=O)cc3)nc(O[C@H]3C[C@@H]4C[C@@H]4C3)c2n1. The minimum absolute atomic E-state index is 0.0720. The Morgan fingerprint density at radius 2 is 1.79 bits per heavy atom. The number of sulfonamides is 1. The summed E-state index contributed by atoms with van der Waals surface area (Å²) in [4.78, 5) is 14.0. The maximum Gasteiger partial charge on any atom is 0.245 e. The Hall–Kier alpha value is -3.22. The fraction of sp³-hybridized carbons (Fsp3) is 0.375. The normalized spacial score (nSPS) is 22.2. The van der Waals surface area contributed by atoms with Crippen LogP contribution in [-0.4, -0.2) is 29.5 Å². The predicted molar refractivity (Wildman–Crippen MR) is 125 cm³/mol. The fourth-order valence-corrected chi connectivity index (χ4v) is 4.98. The standard InChI is InChI=1S/C24H25N5O3S/c1-3-4-18-7-10-21-22(27-18)23(32-19-12-16-11-17(16)13-19)29-24(28-21)26-14(2)15-5-8-20(9-6-15)33(25,30)31/h5-10,14,16-17,19H,11-13H2,1-2H3,(H2,25,30,31)(H,26,28,29)/t14-,16-,17+,19-/m1/s1. The molecule has 2 aromatic heterocycles. The highest BCUT2D eigenvalue weighted by atomic mass is 32.2. The molecule has 2 fully saturated rings. The number of aromatic nitrogens is 3. The van der Waals surface area contributed by atoms with E-state index in [1.165, 1.54) is 18.6 Å². The summed E-state index contributed by atoms with van der Waals surface area (Å²) in [5.74, 6) is 8.30. The van der Waals surface area contributed by atoms with Crippen molar-refractivity contribution in [1.29, 1.82) is 0 Å². The molecule has 0 radical (unpaired) electrons. The van der Waals surface area contributed by atoms with Crippen LogP contribution in [0.4, 0.5) is 5.95 Å². The van der Waals surface area contributed by atoms with Crippen LogP contribution in [-0.2, 0) is 10.0 Å². The summed E-state index contributed by atoms with van der Waals surface area (Å²) >= 11 is 0. The molecule has 0 saturated heterocycles. The van der Waals surface area contributed by atoms with E-state index >= 15 is 0 Å². The molecule has 3 N–H and O–H groups in total. The molecule has 3 aromatic rings. The van der Waals surface area contributed by atoms with Gasteiger partial charge in [-0.15, -0.1) is 0 Å². The van der Waals surface area contributed by atoms with Gasteiger partial charge in [-0.3, -0.25) is 0 Å². The number of hydrogen-bond donors (Lipinski definition) is 2. The third-order valence-corrected chi connectivity index (χ3v) is 7.23. The minimum atomic E-state index is -3.73. The summed E-state index contributed by atoms with van der Waals surface area (Å²) < 4.78 is 29.3. The van der Waals surface area contributed by atoms with E-state index in [-0.39, 0.29) is 17.0 Å². The second-order valence-corrected chi connectivity index (χ2v) is 10.3. The van der Waals surface area contributed by atoms with E-state index in [0.29, 0.717) is 28.6 Å². The number of rotatable bonds is 6. The van der Waals surface area contributed by atoms with Gasteiger partial charge in [-0.05, 0) is 80.7 Å². The molecule has 2 aliphatic rings. The van der Waals surface area contributed by atoms with Crippen molar-refractivity contribution in [2.24, 2.45) is 17.0 Å². The summed E-state index contributed by atoms with van der Waals surface area (Å²) in [5.41, 5.74) is 2.79. The second kappa shape index (κ2) is 8.28. The molecule has 0 spiro atoms. The lowest BCUT2D eigenvalue weighted by Crippen LogP contribution is -2.17. The van der Waals surface area contributed by atoms with E-state index in [4.69, 9.17) is 9.88 Å². The second-order valence-electron chi connectivity index (χ2n) is 8.74. The molecule has 0 aliphatic heterocycles. The third-order valence-electron chi connectivity index (χ3n) is 6.30. The molecule has 8 nitrogen and oxygen atoms in total. The zero-order valence-electron chi connectivity index (χ0n) is 18.4. The van der Waals surface area contributed by atoms with Crippen LogP contribution in [0.25, 0.3) is 11.0 Å². The molecule has 2 heterocycles. The average Bonchev–Trinajstić information content (AvgIpc) is 3.39. The van der Waals surface area contributed by atoms with E-state index in [1.807, 2.05) is 19.1 Å². The van der Waals surface area contributed by atoms with Gasteiger partial charge < -0.3 is 10.1 Å². The van der Waals surface area contributed by atoms with Crippen molar-refractivity contribution in [3.05, 3.63) is 47.7 Å². The first-order valence-corrected chi connectivity index (χ1v) is 12.5. The Labute approximate surface area is 193 Å². The molecule has 0 bridgehead atoms. The smallest absolute Gasteiger partial charge is 0.245 e. The zero-order chi connectivity index (χ0) is 23.2. The lowest BCUT2D eigenvalue weighted by atomic mass is 10.1. The van der Waals surface area contributed by atoms with Gasteiger partial charge in [-0.1, -0.05) is 18.1 Å². The number of fused-ring (bicyclic) bond motifs is 2. The third kappa shape index (κ3) is 4.63. The van der Waals surface area contributed by atoms with Crippen LogP contribution in [0.5, 0.6) is 5.88 Å². The lowest BCUT2D eigenvalue weighted by Gasteiger charge is -2.18. The molecule has 9 heteroatoms. The summed E-state index contributed by atoms with van der Waals surface area (Å²) in [6, 6.07) is 9.95. The fourth-order valence-electron chi connectivity index (χ4n) is 4.47. The number of benzene rings is 1. The molecular weight excluding hydrogens is 438 g/mol. The number of anilines is 1. The number of ether oxygens (including phenoxy) is 1. The van der Waals surface area contributed by atoms with E-state index in [2.05, 4.69) is 32.1 Å². The number of nitrogens with one attached hydrogen (secondary N) is 1. The van der Waals surface area contributed by atoms with Crippen LogP contribution in [0.2, 0.25) is 0 Å². The van der Waals surface area contributed by atoms with Crippen LogP contribution in [0.1, 0.15) is 50.4 Å². The van der Waals surface area contributed by atoms with Crippen molar-refractivity contribution in [3.63, 3.8) is 0 Å². The van der Waals surface area contributed by atoms with Crippen LogP contribution < -0.4 is 15.2 Å². The first kappa shape index (κ1) is 21.6. The molecule has 33 heavy (non-hydrogen) atoms. The first-order chi connectivity index (χ1) is 15.8. The van der Waals surface area contributed by atoms with Gasteiger partial charge in [-0.2, -0.15) is 4.98 Å². The molecule has 2 aliphatic carbocycles. The predicted octanol–water partition coefficient (Wildman–Crippen LogP) is 3.39. The van der Waals surface area contributed by atoms with Crippen LogP contribution in [0.15, 0.2) is 41.3 Å². The molecule has 170 valence electrons. The highest BCUT2D eigenvalue weighted by Crippen LogP contribution is 2.52. The Morgan fingerprint density at radius 1 is 1.06 bits per heavy atom. The molecule has 5 rings (SSSR count). The van der Waals surface area contributed by atoms with E-state index in [0.717, 1.165) is 30.2 Å². The Kier molecular flexibility index (Phi) is 5.43. The number of nitrogens with zero attached hydrogens (tertiary/aromatic N) is 3. The topological polar surface area (TPSA) is 120 Å². The van der Waals surface area contributed by atoms with Crippen molar-refractivity contribution in [2.45, 2.75) is 50.2 Å². The highest BCUT2D eigenvalue weighted by Gasteiger charge is 2.47. The molecule has 4 atom stereocenters. The largest absolute Gasteiger partial charge is 0.473 e. The molecule has 1 aromatic carbocycles. The zero-order valence-corrected chi connectivity index (χ0v) is 19.3. The summed E-state index contributed by atoms with van der Waals surface area (Å²) in [5, 5.41) is 8.48. The average molecular weight is 464 g/mol. The van der Waals surface area contributed by atoms with Gasteiger partial charge in [0.1, 0.15) is 11.8 Å². The Balaban J connectivity index is 1.44. The molecule has 0 amide bonds. The van der Waals surface area contributed by atoms with E-state index in [9.17, 15) is 8.42 Å². The maximum absolute atomic E-state index is 11.5. The Bertz CT molecular complexity index is 1370. The number of primary sulfonamides is 1. The van der Waals surface area contributed by atoms with Gasteiger partial charge in [0.05, 0.1) is 16.5 Å². The van der Waals surface area contributed by atoms with Crippen molar-refractivity contribution in [2.75, 3.05) is 5.32 Å². The Morgan fingerprint density at radius 3 is 2.45 bits per heavy atom. The van der Waals surface area contributed by atoms with Crippen molar-refractivity contribution >= 4 is 27.0 Å². The maximum atomic E-state index is 11.5. The van der Waals surface area contributed by atoms with Gasteiger partial charge in [0.25, 0.3) is 0 Å². The monoisotopic (exact) mass is 463 g/mol. The summed E-state index contributed by atoms with van der Waals surface area (Å²) in [6.45, 7) is 3.72. The van der Waals surface area contributed by atoms with E-state index < -0.39 is 10.0 Å². The quantitative estimate of drug-likeness (QED) is 0.538. The summed E-state index contributed by atoms with van der Waals surface area (Å²) in [7, 11) is -3.73. The van der Waals surface area contributed by atoms with Crippen molar-refractivity contribution in [1.82, 2.24) is 15.0 Å². The molecule has 2 saturated carbocycles. The van der Waals surface area contributed by atoms with Gasteiger partial charge in [0, 0.05) is 0 Å². The molecular formula is C24H25N5O3S.